The Morgan fingerprint density at radius 2 is 1.71 bits per heavy atom. The van der Waals surface area contributed by atoms with Crippen molar-refractivity contribution in [3.63, 3.8) is 0 Å². The zero-order valence-electron chi connectivity index (χ0n) is 15.7. The zero-order valence-corrected chi connectivity index (χ0v) is 17.2. The summed E-state index contributed by atoms with van der Waals surface area (Å²) >= 11 is 11.9. The van der Waals surface area contributed by atoms with Crippen LogP contribution in [0, 0.1) is 0 Å². The number of para-hydroxylation sites is 1. The van der Waals surface area contributed by atoms with Crippen molar-refractivity contribution in [2.24, 2.45) is 0 Å². The molecule has 3 aromatic carbocycles. The third-order valence-electron chi connectivity index (χ3n) is 4.32. The number of hydrogen-bond donors (Lipinski definition) is 1. The molecular formula is C23H22ClNO2S. The Bertz CT molecular complexity index is 931. The van der Waals surface area contributed by atoms with Gasteiger partial charge in [0, 0.05) is 17.1 Å². The molecule has 0 amide bonds. The summed E-state index contributed by atoms with van der Waals surface area (Å²) in [5, 5.41) is 3.99. The molecule has 3 rings (SSSR count). The highest BCUT2D eigenvalue weighted by Gasteiger charge is 2.15. The first kappa shape index (κ1) is 20.2. The van der Waals surface area contributed by atoms with Crippen molar-refractivity contribution in [1.29, 1.82) is 0 Å². The summed E-state index contributed by atoms with van der Waals surface area (Å²) in [4.78, 5) is 0.629. The van der Waals surface area contributed by atoms with Crippen LogP contribution in [0.1, 0.15) is 16.7 Å². The topological polar surface area (TPSA) is 30.5 Å². The lowest BCUT2D eigenvalue weighted by Gasteiger charge is -2.17. The monoisotopic (exact) mass is 411 g/mol. The molecule has 0 saturated carbocycles. The second-order valence-corrected chi connectivity index (χ2v) is 7.02. The summed E-state index contributed by atoms with van der Waals surface area (Å²) in [5.74, 6) is 1.25. The van der Waals surface area contributed by atoms with Crippen LogP contribution in [0.5, 0.6) is 11.5 Å². The molecule has 0 bridgehead atoms. The van der Waals surface area contributed by atoms with Crippen molar-refractivity contribution in [2.75, 3.05) is 13.7 Å². The van der Waals surface area contributed by atoms with Gasteiger partial charge < -0.3 is 14.8 Å². The summed E-state index contributed by atoms with van der Waals surface area (Å²) in [6, 6.07) is 23.6. The standard InChI is InChI=1S/C23H22ClNO2S/c1-26-21-13-7-11-19(22(21)27-16-18-10-5-6-12-20(18)24)23(28)25-15-14-17-8-3-2-4-9-17/h2-13H,14-16H2,1H3,(H,25,28). The van der Waals surface area contributed by atoms with Gasteiger partial charge in [0.25, 0.3) is 0 Å². The van der Waals surface area contributed by atoms with E-state index in [2.05, 4.69) is 17.4 Å². The van der Waals surface area contributed by atoms with E-state index in [0.29, 0.717) is 28.1 Å². The fourth-order valence-corrected chi connectivity index (χ4v) is 3.28. The molecule has 144 valence electrons. The van der Waals surface area contributed by atoms with Gasteiger partial charge in [-0.1, -0.05) is 78.4 Å². The molecule has 0 atom stereocenters. The van der Waals surface area contributed by atoms with Crippen LogP contribution < -0.4 is 14.8 Å². The molecule has 0 spiro atoms. The third kappa shape index (κ3) is 5.24. The minimum absolute atomic E-state index is 0.333. The quantitative estimate of drug-likeness (QED) is 0.500. The minimum atomic E-state index is 0.333. The van der Waals surface area contributed by atoms with E-state index in [9.17, 15) is 0 Å². The molecule has 0 unspecified atom stereocenters. The van der Waals surface area contributed by atoms with E-state index in [1.165, 1.54) is 5.56 Å². The predicted octanol–water partition coefficient (Wildman–Crippen LogP) is 5.44. The second kappa shape index (κ2) is 10.1. The Labute approximate surface area is 176 Å². The fraction of sp³-hybridized carbons (Fsp3) is 0.174. The lowest BCUT2D eigenvalue weighted by Crippen LogP contribution is -2.25. The molecule has 0 heterocycles. The molecule has 0 saturated heterocycles. The van der Waals surface area contributed by atoms with Crippen molar-refractivity contribution in [1.82, 2.24) is 5.32 Å². The number of rotatable bonds is 8. The highest BCUT2D eigenvalue weighted by Crippen LogP contribution is 2.32. The van der Waals surface area contributed by atoms with E-state index in [1.807, 2.05) is 60.7 Å². The lowest BCUT2D eigenvalue weighted by atomic mass is 10.1. The highest BCUT2D eigenvalue weighted by molar-refractivity contribution is 7.80. The molecule has 5 heteroatoms. The molecular weight excluding hydrogens is 390 g/mol. The van der Waals surface area contributed by atoms with E-state index in [1.54, 1.807) is 7.11 Å². The number of hydrogen-bond acceptors (Lipinski definition) is 3. The Kier molecular flexibility index (Phi) is 7.29. The predicted molar refractivity (Wildman–Crippen MR) is 119 cm³/mol. The maximum absolute atomic E-state index is 6.24. The van der Waals surface area contributed by atoms with Gasteiger partial charge in [-0.25, -0.2) is 0 Å². The first-order valence-corrected chi connectivity index (χ1v) is 9.83. The van der Waals surface area contributed by atoms with Gasteiger partial charge in [0.15, 0.2) is 11.5 Å². The normalized spacial score (nSPS) is 10.4. The molecule has 28 heavy (non-hydrogen) atoms. The van der Waals surface area contributed by atoms with Crippen LogP contribution in [0.25, 0.3) is 0 Å². The van der Waals surface area contributed by atoms with Gasteiger partial charge in [0.05, 0.1) is 12.7 Å². The van der Waals surface area contributed by atoms with E-state index >= 15 is 0 Å². The van der Waals surface area contributed by atoms with Gasteiger partial charge in [-0.05, 0) is 30.2 Å². The van der Waals surface area contributed by atoms with Crippen LogP contribution in [0.3, 0.4) is 0 Å². The molecule has 3 aromatic rings. The summed E-state index contributed by atoms with van der Waals surface area (Å²) in [7, 11) is 1.62. The Hall–Kier alpha value is -2.56. The zero-order chi connectivity index (χ0) is 19.8. The average Bonchev–Trinajstić information content (AvgIpc) is 2.73. The van der Waals surface area contributed by atoms with E-state index in [0.717, 1.165) is 24.1 Å². The SMILES string of the molecule is COc1cccc(C(=S)NCCc2ccccc2)c1OCc1ccccc1Cl. The number of halogens is 1. The van der Waals surface area contributed by atoms with Gasteiger partial charge in [0.2, 0.25) is 0 Å². The van der Waals surface area contributed by atoms with E-state index in [-0.39, 0.29) is 0 Å². The number of nitrogens with one attached hydrogen (secondary N) is 1. The summed E-state index contributed by atoms with van der Waals surface area (Å²) in [6.45, 7) is 1.07. The average molecular weight is 412 g/mol. The molecule has 0 aliphatic rings. The maximum Gasteiger partial charge on any atom is 0.171 e. The van der Waals surface area contributed by atoms with Crippen LogP contribution in [-0.4, -0.2) is 18.6 Å². The number of benzene rings is 3. The summed E-state index contributed by atoms with van der Waals surface area (Å²) in [5.41, 5.74) is 2.97. The van der Waals surface area contributed by atoms with Crippen molar-refractivity contribution in [3.05, 3.63) is 94.5 Å². The molecule has 1 N–H and O–H groups in total. The fourth-order valence-electron chi connectivity index (χ4n) is 2.83. The lowest BCUT2D eigenvalue weighted by molar-refractivity contribution is 0.284. The second-order valence-electron chi connectivity index (χ2n) is 6.21. The van der Waals surface area contributed by atoms with Crippen molar-refractivity contribution in [3.8, 4) is 11.5 Å². The van der Waals surface area contributed by atoms with E-state index in [4.69, 9.17) is 33.3 Å². The first-order chi connectivity index (χ1) is 13.7. The number of thiocarbonyl (C=S) groups is 1. The number of ether oxygens (including phenoxy) is 2. The largest absolute Gasteiger partial charge is 0.493 e. The van der Waals surface area contributed by atoms with Gasteiger partial charge in [-0.2, -0.15) is 0 Å². The third-order valence-corrected chi connectivity index (χ3v) is 5.05. The Balaban J connectivity index is 1.71. The highest BCUT2D eigenvalue weighted by atomic mass is 35.5. The van der Waals surface area contributed by atoms with Gasteiger partial charge >= 0.3 is 0 Å². The van der Waals surface area contributed by atoms with Crippen LogP contribution in [0.4, 0.5) is 0 Å². The minimum Gasteiger partial charge on any atom is -0.493 e. The van der Waals surface area contributed by atoms with Crippen molar-refractivity contribution < 1.29 is 9.47 Å². The summed E-state index contributed by atoms with van der Waals surface area (Å²) < 4.78 is 11.6. The van der Waals surface area contributed by atoms with Crippen LogP contribution >= 0.6 is 23.8 Å². The maximum atomic E-state index is 6.24. The Morgan fingerprint density at radius 1 is 0.964 bits per heavy atom. The number of methoxy groups -OCH3 is 1. The van der Waals surface area contributed by atoms with E-state index < -0.39 is 0 Å². The molecule has 0 aromatic heterocycles. The molecule has 0 fully saturated rings. The molecule has 0 aliphatic carbocycles. The van der Waals surface area contributed by atoms with Crippen LogP contribution in [0.15, 0.2) is 72.8 Å². The van der Waals surface area contributed by atoms with Crippen molar-refractivity contribution in [2.45, 2.75) is 13.0 Å². The van der Waals surface area contributed by atoms with Gasteiger partial charge in [-0.15, -0.1) is 0 Å². The molecule has 3 nitrogen and oxygen atoms in total. The van der Waals surface area contributed by atoms with Crippen molar-refractivity contribution >= 4 is 28.8 Å². The first-order valence-electron chi connectivity index (χ1n) is 9.04. The molecule has 0 radical (unpaired) electrons. The van der Waals surface area contributed by atoms with Crippen LogP contribution in [0.2, 0.25) is 5.02 Å². The van der Waals surface area contributed by atoms with Gasteiger partial charge in [-0.3, -0.25) is 0 Å². The van der Waals surface area contributed by atoms with Crippen LogP contribution in [-0.2, 0) is 13.0 Å². The molecule has 0 aliphatic heterocycles. The summed E-state index contributed by atoms with van der Waals surface area (Å²) in [6.07, 6.45) is 0.890. The van der Waals surface area contributed by atoms with Gasteiger partial charge in [0.1, 0.15) is 11.6 Å². The smallest absolute Gasteiger partial charge is 0.171 e. The Morgan fingerprint density at radius 3 is 2.46 bits per heavy atom.